The van der Waals surface area contributed by atoms with Gasteiger partial charge in [-0.15, -0.1) is 0 Å². The van der Waals surface area contributed by atoms with Gasteiger partial charge < -0.3 is 0 Å². The summed E-state index contributed by atoms with van der Waals surface area (Å²) in [4.78, 5) is 4.65. The summed E-state index contributed by atoms with van der Waals surface area (Å²) in [6, 6.07) is 33.5. The third-order valence-electron chi connectivity index (χ3n) is 4.42. The van der Waals surface area contributed by atoms with Crippen molar-refractivity contribution in [3.63, 3.8) is 0 Å². The molecule has 0 N–H and O–H groups in total. The van der Waals surface area contributed by atoms with Crippen molar-refractivity contribution < 1.29 is 3.83 Å². The predicted molar refractivity (Wildman–Crippen MR) is 125 cm³/mol. The first-order valence-corrected chi connectivity index (χ1v) is 14.9. The number of hydrogen-bond donors (Lipinski definition) is 0. The monoisotopic (exact) mass is 544 g/mol. The van der Waals surface area contributed by atoms with Crippen molar-refractivity contribution in [3.8, 4) is 0 Å². The van der Waals surface area contributed by atoms with Crippen LogP contribution in [0.5, 0.6) is 0 Å². The van der Waals surface area contributed by atoms with E-state index in [1.54, 1.807) is 23.5 Å². The van der Waals surface area contributed by atoms with Crippen LogP contribution >= 0.6 is 23.5 Å². The van der Waals surface area contributed by atoms with E-state index in [1.165, 1.54) is 18.7 Å². The van der Waals surface area contributed by atoms with Gasteiger partial charge in [-0.3, -0.25) is 0 Å². The average molecular weight is 542 g/mol. The zero-order valence-electron chi connectivity index (χ0n) is 15.3. The van der Waals surface area contributed by atoms with E-state index in [9.17, 15) is 3.83 Å². The molecule has 0 unspecified atom stereocenters. The fourth-order valence-corrected chi connectivity index (χ4v) is 13.6. The van der Waals surface area contributed by atoms with Crippen molar-refractivity contribution in [2.45, 2.75) is 19.6 Å². The Bertz CT molecular complexity index is 1100. The van der Waals surface area contributed by atoms with E-state index in [0.29, 0.717) is 0 Å². The summed E-state index contributed by atoms with van der Waals surface area (Å²) in [7, 11) is 0. The zero-order valence-corrected chi connectivity index (χ0v) is 20.3. The molecule has 0 aliphatic carbocycles. The van der Waals surface area contributed by atoms with Gasteiger partial charge in [0.1, 0.15) is 0 Å². The summed E-state index contributed by atoms with van der Waals surface area (Å²) >= 11 is 1.27. The fourth-order valence-electron chi connectivity index (χ4n) is 3.13. The molecule has 1 nitrogen and oxygen atoms in total. The first-order chi connectivity index (χ1) is 14.3. The minimum atomic E-state index is -2.36. The Morgan fingerprint density at radius 3 is 1.45 bits per heavy atom. The third kappa shape index (κ3) is 4.04. The molecule has 0 aromatic heterocycles. The molecule has 0 saturated heterocycles. The van der Waals surface area contributed by atoms with Crippen LogP contribution in [-0.2, 0) is 3.83 Å². The average Bonchev–Trinajstić information content (AvgIpc) is 2.75. The molecule has 0 bridgehead atoms. The van der Waals surface area contributed by atoms with Crippen LogP contribution in [0.1, 0.15) is 0 Å². The molecule has 0 spiro atoms. The Morgan fingerprint density at radius 2 is 1.00 bits per heavy atom. The van der Waals surface area contributed by atoms with Crippen molar-refractivity contribution >= 4 is 70.2 Å². The van der Waals surface area contributed by atoms with Crippen molar-refractivity contribution in [2.24, 2.45) is 0 Å². The second-order valence-corrected chi connectivity index (χ2v) is 13.7. The second kappa shape index (κ2) is 8.65. The fraction of sp³-hybridized carbons (Fsp3) is 0. The van der Waals surface area contributed by atoms with Gasteiger partial charge in [0, 0.05) is 0 Å². The molecule has 29 heavy (non-hydrogen) atoms. The number of fused-ring (bicyclic) bond motifs is 2. The third-order valence-corrected chi connectivity index (χ3v) is 14.2. The van der Waals surface area contributed by atoms with Gasteiger partial charge in [0.05, 0.1) is 0 Å². The van der Waals surface area contributed by atoms with Crippen LogP contribution in [0.3, 0.4) is 0 Å². The molecule has 0 saturated carbocycles. The van der Waals surface area contributed by atoms with Crippen LogP contribution in [0.4, 0.5) is 0 Å². The number of benzene rings is 4. The van der Waals surface area contributed by atoms with Crippen LogP contribution in [0, 0.1) is 0 Å². The predicted octanol–water partition coefficient (Wildman–Crippen LogP) is 3.49. The Balaban J connectivity index is 1.57. The standard InChI is InChI=1S/C24H16OS2Se2/c25-29-23-19(26-17-9-3-1-4-10-17)13-7-15-21(23)28-22-16-8-14-20(24(22)29)27-18-11-5-2-6-12-18/h1-16H. The summed E-state index contributed by atoms with van der Waals surface area (Å²) in [5.74, 6) is 0. The van der Waals surface area contributed by atoms with Gasteiger partial charge in [0.2, 0.25) is 0 Å². The summed E-state index contributed by atoms with van der Waals surface area (Å²) in [5.41, 5.74) is 0. The van der Waals surface area contributed by atoms with Crippen LogP contribution in [0.15, 0.2) is 117 Å². The maximum absolute atomic E-state index is 13.9. The molecule has 5 heteroatoms. The van der Waals surface area contributed by atoms with Crippen LogP contribution < -0.4 is 17.8 Å². The molecule has 142 valence electrons. The van der Waals surface area contributed by atoms with E-state index in [0.717, 1.165) is 18.7 Å². The molecule has 5 rings (SSSR count). The van der Waals surface area contributed by atoms with Gasteiger partial charge in [-0.25, -0.2) is 0 Å². The first kappa shape index (κ1) is 19.4. The Morgan fingerprint density at radius 1 is 0.552 bits per heavy atom. The molecular weight excluding hydrogens is 526 g/mol. The molecule has 0 fully saturated rings. The van der Waals surface area contributed by atoms with Gasteiger partial charge in [0.15, 0.2) is 0 Å². The van der Waals surface area contributed by atoms with Gasteiger partial charge >= 0.3 is 191 Å². The van der Waals surface area contributed by atoms with E-state index in [-0.39, 0.29) is 15.0 Å². The first-order valence-electron chi connectivity index (χ1n) is 9.11. The van der Waals surface area contributed by atoms with E-state index < -0.39 is 13.8 Å². The van der Waals surface area contributed by atoms with Crippen LogP contribution in [0.25, 0.3) is 0 Å². The molecule has 1 aliphatic rings. The Kier molecular flexibility index (Phi) is 5.78. The van der Waals surface area contributed by atoms with Crippen LogP contribution in [0.2, 0.25) is 0 Å². The molecule has 0 amide bonds. The summed E-state index contributed by atoms with van der Waals surface area (Å²) < 4.78 is 18.6. The maximum atomic E-state index is 13.9. The Hall–Kier alpha value is -1.58. The normalized spacial score (nSPS) is 13.0. The minimum absolute atomic E-state index is 0.176. The van der Waals surface area contributed by atoms with Gasteiger partial charge in [-0.05, 0) is 0 Å². The summed E-state index contributed by atoms with van der Waals surface area (Å²) in [6.07, 6.45) is 0. The van der Waals surface area contributed by atoms with E-state index in [2.05, 4.69) is 84.9 Å². The van der Waals surface area contributed by atoms with Crippen molar-refractivity contribution in [1.29, 1.82) is 0 Å². The molecule has 4 aromatic rings. The molecule has 0 atom stereocenters. The molecule has 1 aliphatic heterocycles. The van der Waals surface area contributed by atoms with E-state index in [4.69, 9.17) is 0 Å². The van der Waals surface area contributed by atoms with Crippen molar-refractivity contribution in [3.05, 3.63) is 97.1 Å². The Labute approximate surface area is 189 Å². The van der Waals surface area contributed by atoms with Crippen LogP contribution in [-0.4, -0.2) is 28.8 Å². The van der Waals surface area contributed by atoms with E-state index in [1.807, 2.05) is 12.1 Å². The summed E-state index contributed by atoms with van der Waals surface area (Å²) in [5, 5.41) is 0. The van der Waals surface area contributed by atoms with E-state index >= 15 is 0 Å². The molecule has 4 aromatic carbocycles. The zero-order chi connectivity index (χ0) is 19.6. The van der Waals surface area contributed by atoms with Gasteiger partial charge in [-0.2, -0.15) is 0 Å². The van der Waals surface area contributed by atoms with Gasteiger partial charge in [0.25, 0.3) is 0 Å². The van der Waals surface area contributed by atoms with Crippen molar-refractivity contribution in [1.82, 2.24) is 0 Å². The summed E-state index contributed by atoms with van der Waals surface area (Å²) in [6.45, 7) is 0. The van der Waals surface area contributed by atoms with Gasteiger partial charge in [-0.1, -0.05) is 0 Å². The number of hydrogen-bond acceptors (Lipinski definition) is 3. The topological polar surface area (TPSA) is 17.1 Å². The molecule has 0 radical (unpaired) electrons. The quantitative estimate of drug-likeness (QED) is 0.324. The molecular formula is C24H16OS2Se2. The number of rotatable bonds is 4. The molecule has 1 heterocycles. The SMILES string of the molecule is O=[Se]1c2c(Sc3ccccc3)cccc2[Se]c2cccc(Sc3ccccc3)c21. The second-order valence-electron chi connectivity index (χ2n) is 6.37. The van der Waals surface area contributed by atoms with Crippen molar-refractivity contribution in [2.75, 3.05) is 0 Å².